The number of methoxy groups -OCH3 is 1. The molecule has 1 atom stereocenters. The van der Waals surface area contributed by atoms with Crippen molar-refractivity contribution in [2.75, 3.05) is 24.4 Å². The summed E-state index contributed by atoms with van der Waals surface area (Å²) in [5.74, 6) is 0.423. The Labute approximate surface area is 143 Å². The van der Waals surface area contributed by atoms with Crippen molar-refractivity contribution in [2.45, 2.75) is 25.7 Å². The first-order valence-electron chi connectivity index (χ1n) is 7.53. The Bertz CT molecular complexity index is 710. The van der Waals surface area contributed by atoms with Gasteiger partial charge < -0.3 is 20.5 Å². The van der Waals surface area contributed by atoms with Crippen molar-refractivity contribution in [3.05, 3.63) is 41.6 Å². The van der Waals surface area contributed by atoms with Crippen LogP contribution in [0.25, 0.3) is 0 Å². The summed E-state index contributed by atoms with van der Waals surface area (Å²) in [6.45, 7) is 1.57. The molecule has 1 aromatic heterocycles. The minimum atomic E-state index is -4.61. The van der Waals surface area contributed by atoms with Crippen LogP contribution in [0.2, 0.25) is 0 Å². The van der Waals surface area contributed by atoms with E-state index in [1.807, 2.05) is 0 Å². The van der Waals surface area contributed by atoms with E-state index in [0.717, 1.165) is 11.6 Å². The van der Waals surface area contributed by atoms with Crippen LogP contribution < -0.4 is 15.4 Å². The fourth-order valence-electron chi connectivity index (χ4n) is 2.05. The Morgan fingerprint density at radius 3 is 2.60 bits per heavy atom. The monoisotopic (exact) mass is 356 g/mol. The molecule has 0 fully saturated rings. The van der Waals surface area contributed by atoms with Gasteiger partial charge in [0.2, 0.25) is 5.95 Å². The van der Waals surface area contributed by atoms with Crippen molar-refractivity contribution in [2.24, 2.45) is 0 Å². The molecule has 0 aliphatic carbocycles. The maximum absolute atomic E-state index is 13.0. The molecule has 6 nitrogen and oxygen atoms in total. The lowest BCUT2D eigenvalue weighted by Crippen LogP contribution is -2.22. The molecule has 25 heavy (non-hydrogen) atoms. The number of para-hydroxylation sites is 1. The first kappa shape index (κ1) is 18.8. The zero-order valence-corrected chi connectivity index (χ0v) is 13.8. The van der Waals surface area contributed by atoms with Crippen LogP contribution in [0.15, 0.2) is 30.3 Å². The molecule has 0 saturated heterocycles. The largest absolute Gasteiger partial charge is 0.496 e. The highest BCUT2D eigenvalue weighted by Gasteiger charge is 2.33. The Morgan fingerprint density at radius 1 is 1.24 bits per heavy atom. The average Bonchev–Trinajstić information content (AvgIpc) is 2.59. The number of alkyl halides is 3. The van der Waals surface area contributed by atoms with Gasteiger partial charge in [-0.2, -0.15) is 18.2 Å². The van der Waals surface area contributed by atoms with Gasteiger partial charge in [-0.25, -0.2) is 4.98 Å². The Morgan fingerprint density at radius 2 is 1.96 bits per heavy atom. The van der Waals surface area contributed by atoms with Gasteiger partial charge in [-0.15, -0.1) is 0 Å². The van der Waals surface area contributed by atoms with Gasteiger partial charge in [0.05, 0.1) is 13.7 Å². The van der Waals surface area contributed by atoms with Gasteiger partial charge in [-0.3, -0.25) is 0 Å². The zero-order chi connectivity index (χ0) is 18.4. The second-order valence-electron chi connectivity index (χ2n) is 5.35. The Balaban J connectivity index is 2.25. The SMILES string of the molecule is COc1ccccc1CNc1cc(C(F)(F)F)nc(N[C@@H](C)CO)n1. The van der Waals surface area contributed by atoms with Crippen LogP contribution in [0.3, 0.4) is 0 Å². The van der Waals surface area contributed by atoms with Crippen LogP contribution in [-0.2, 0) is 12.7 Å². The van der Waals surface area contributed by atoms with Crippen LogP contribution in [0.4, 0.5) is 24.9 Å². The lowest BCUT2D eigenvalue weighted by atomic mass is 10.2. The number of hydrogen-bond acceptors (Lipinski definition) is 6. The lowest BCUT2D eigenvalue weighted by molar-refractivity contribution is -0.141. The number of aliphatic hydroxyl groups is 1. The summed E-state index contributed by atoms with van der Waals surface area (Å²) < 4.78 is 44.3. The summed E-state index contributed by atoms with van der Waals surface area (Å²) in [5.41, 5.74) is -0.298. The van der Waals surface area contributed by atoms with E-state index in [2.05, 4.69) is 20.6 Å². The molecule has 0 saturated carbocycles. The van der Waals surface area contributed by atoms with Gasteiger partial charge >= 0.3 is 6.18 Å². The van der Waals surface area contributed by atoms with Crippen LogP contribution >= 0.6 is 0 Å². The second-order valence-corrected chi connectivity index (χ2v) is 5.35. The van der Waals surface area contributed by atoms with Gasteiger partial charge in [-0.1, -0.05) is 18.2 Å². The number of anilines is 2. The molecule has 0 bridgehead atoms. The molecule has 2 rings (SSSR count). The highest BCUT2D eigenvalue weighted by atomic mass is 19.4. The minimum absolute atomic E-state index is 0.0147. The molecule has 0 unspecified atom stereocenters. The van der Waals surface area contributed by atoms with Crippen molar-refractivity contribution >= 4 is 11.8 Å². The van der Waals surface area contributed by atoms with Gasteiger partial charge in [0.15, 0.2) is 5.69 Å². The Kier molecular flexibility index (Phi) is 6.02. The second kappa shape index (κ2) is 8.02. The molecule has 1 heterocycles. The highest BCUT2D eigenvalue weighted by Crippen LogP contribution is 2.30. The molecule has 1 aromatic carbocycles. The molecular weight excluding hydrogens is 337 g/mol. The van der Waals surface area contributed by atoms with E-state index in [0.29, 0.717) is 5.75 Å². The third kappa shape index (κ3) is 5.21. The first-order chi connectivity index (χ1) is 11.8. The smallest absolute Gasteiger partial charge is 0.433 e. The van der Waals surface area contributed by atoms with E-state index in [-0.39, 0.29) is 24.9 Å². The van der Waals surface area contributed by atoms with E-state index in [9.17, 15) is 13.2 Å². The molecule has 0 radical (unpaired) electrons. The predicted molar refractivity (Wildman–Crippen MR) is 87.5 cm³/mol. The van der Waals surface area contributed by atoms with Gasteiger partial charge in [0, 0.05) is 24.2 Å². The minimum Gasteiger partial charge on any atom is -0.496 e. The van der Waals surface area contributed by atoms with Crippen molar-refractivity contribution in [1.29, 1.82) is 0 Å². The molecule has 0 amide bonds. The lowest BCUT2D eigenvalue weighted by Gasteiger charge is -2.15. The number of rotatable bonds is 7. The normalized spacial score (nSPS) is 12.6. The third-order valence-electron chi connectivity index (χ3n) is 3.32. The van der Waals surface area contributed by atoms with Crippen LogP contribution in [0, 0.1) is 0 Å². The first-order valence-corrected chi connectivity index (χ1v) is 7.53. The number of halogens is 3. The van der Waals surface area contributed by atoms with Crippen LogP contribution in [0.5, 0.6) is 5.75 Å². The molecule has 136 valence electrons. The van der Waals surface area contributed by atoms with Gasteiger partial charge in [0.25, 0.3) is 0 Å². The van der Waals surface area contributed by atoms with Crippen LogP contribution in [0.1, 0.15) is 18.2 Å². The van der Waals surface area contributed by atoms with E-state index in [1.165, 1.54) is 7.11 Å². The van der Waals surface area contributed by atoms with Crippen molar-refractivity contribution in [3.63, 3.8) is 0 Å². The summed E-state index contributed by atoms with van der Waals surface area (Å²) in [6, 6.07) is 7.51. The summed E-state index contributed by atoms with van der Waals surface area (Å²) in [7, 11) is 1.52. The molecular formula is C16H19F3N4O2. The van der Waals surface area contributed by atoms with Crippen LogP contribution in [-0.4, -0.2) is 34.8 Å². The van der Waals surface area contributed by atoms with E-state index >= 15 is 0 Å². The summed E-state index contributed by atoms with van der Waals surface area (Å²) in [4.78, 5) is 7.48. The van der Waals surface area contributed by atoms with E-state index < -0.39 is 17.9 Å². The zero-order valence-electron chi connectivity index (χ0n) is 13.8. The third-order valence-corrected chi connectivity index (χ3v) is 3.32. The molecule has 0 aliphatic heterocycles. The number of aromatic nitrogens is 2. The van der Waals surface area contributed by atoms with Crippen molar-refractivity contribution < 1.29 is 23.0 Å². The van der Waals surface area contributed by atoms with E-state index in [1.54, 1.807) is 31.2 Å². The summed E-state index contributed by atoms with van der Waals surface area (Å²) in [6.07, 6.45) is -4.61. The number of nitrogens with zero attached hydrogens (tertiary/aromatic N) is 2. The number of aliphatic hydroxyl groups excluding tert-OH is 1. The fourth-order valence-corrected chi connectivity index (χ4v) is 2.05. The molecule has 9 heteroatoms. The predicted octanol–water partition coefficient (Wildman–Crippen LogP) is 2.91. The fraction of sp³-hybridized carbons (Fsp3) is 0.375. The average molecular weight is 356 g/mol. The van der Waals surface area contributed by atoms with Crippen molar-refractivity contribution in [3.8, 4) is 5.75 Å². The number of benzene rings is 1. The Hall–Kier alpha value is -2.55. The van der Waals surface area contributed by atoms with Gasteiger partial charge in [0.1, 0.15) is 11.6 Å². The number of ether oxygens (including phenoxy) is 1. The summed E-state index contributed by atoms with van der Waals surface area (Å²) in [5, 5.41) is 14.5. The summed E-state index contributed by atoms with van der Waals surface area (Å²) >= 11 is 0. The highest BCUT2D eigenvalue weighted by molar-refractivity contribution is 5.45. The van der Waals surface area contributed by atoms with Gasteiger partial charge in [-0.05, 0) is 13.0 Å². The van der Waals surface area contributed by atoms with E-state index in [4.69, 9.17) is 9.84 Å². The molecule has 0 aliphatic rings. The standard InChI is InChI=1S/C16H19F3N4O2/c1-10(9-24)21-15-22-13(16(17,18)19)7-14(23-15)20-8-11-5-3-4-6-12(11)25-2/h3-7,10,24H,8-9H2,1-2H3,(H2,20,21,22,23)/t10-/m0/s1. The maximum atomic E-state index is 13.0. The molecule has 0 spiro atoms. The number of nitrogens with one attached hydrogen (secondary N) is 2. The molecule has 2 aromatic rings. The quantitative estimate of drug-likeness (QED) is 0.708. The van der Waals surface area contributed by atoms with Crippen molar-refractivity contribution in [1.82, 2.24) is 9.97 Å². The maximum Gasteiger partial charge on any atom is 0.433 e. The number of hydrogen-bond donors (Lipinski definition) is 3. The topological polar surface area (TPSA) is 79.3 Å². The molecule has 3 N–H and O–H groups in total.